The maximum absolute atomic E-state index is 14.1. The largest absolute Gasteiger partial charge is 0.469 e. The average molecular weight is 429 g/mol. The van der Waals surface area contributed by atoms with E-state index in [0.717, 1.165) is 6.07 Å². The summed E-state index contributed by atoms with van der Waals surface area (Å²) in [5.41, 5.74) is 0.578. The van der Waals surface area contributed by atoms with Crippen LogP contribution in [0.2, 0.25) is 0 Å². The number of carbonyl (C=O) groups is 2. The van der Waals surface area contributed by atoms with E-state index in [1.807, 2.05) is 13.8 Å². The van der Waals surface area contributed by atoms with E-state index < -0.39 is 17.8 Å². The van der Waals surface area contributed by atoms with E-state index >= 15 is 0 Å². The summed E-state index contributed by atoms with van der Waals surface area (Å²) in [6.45, 7) is 5.97. The van der Waals surface area contributed by atoms with Crippen molar-refractivity contribution in [2.75, 3.05) is 17.2 Å². The van der Waals surface area contributed by atoms with Gasteiger partial charge >= 0.3 is 6.03 Å². The van der Waals surface area contributed by atoms with E-state index in [0.29, 0.717) is 48.1 Å². The van der Waals surface area contributed by atoms with Crippen LogP contribution in [0.3, 0.4) is 0 Å². The highest BCUT2D eigenvalue weighted by Gasteiger charge is 2.15. The summed E-state index contributed by atoms with van der Waals surface area (Å²) in [5, 5.41) is 11.7. The molecule has 2 heterocycles. The predicted molar refractivity (Wildman–Crippen MR) is 112 cm³/mol. The predicted octanol–water partition coefficient (Wildman–Crippen LogP) is 4.24. The highest BCUT2D eigenvalue weighted by Crippen LogP contribution is 2.21. The second-order valence-electron chi connectivity index (χ2n) is 7.22. The minimum absolute atomic E-state index is 0.0549. The highest BCUT2D eigenvalue weighted by molar-refractivity contribution is 6.05. The van der Waals surface area contributed by atoms with Crippen molar-refractivity contribution in [2.45, 2.75) is 39.5 Å². The van der Waals surface area contributed by atoms with Crippen molar-refractivity contribution in [3.8, 4) is 0 Å². The van der Waals surface area contributed by atoms with Crippen LogP contribution in [0.4, 0.5) is 20.6 Å². The van der Waals surface area contributed by atoms with Gasteiger partial charge in [-0.1, -0.05) is 19.0 Å². The Balaban J connectivity index is 1.49. The molecule has 0 aliphatic rings. The first-order valence-electron chi connectivity index (χ1n) is 9.86. The Hall–Kier alpha value is -3.69. The van der Waals surface area contributed by atoms with Gasteiger partial charge in [0.15, 0.2) is 5.82 Å². The van der Waals surface area contributed by atoms with Crippen molar-refractivity contribution >= 4 is 23.3 Å². The lowest BCUT2D eigenvalue weighted by molar-refractivity contribution is 0.102. The Morgan fingerprint density at radius 2 is 2.00 bits per heavy atom. The fraction of sp³-hybridized carbons (Fsp3) is 0.333. The molecule has 0 bridgehead atoms. The molecular formula is C21H24FN5O4. The van der Waals surface area contributed by atoms with Gasteiger partial charge in [-0.15, -0.1) is 0 Å². The third-order valence-electron chi connectivity index (χ3n) is 4.43. The molecule has 0 atom stereocenters. The zero-order valence-electron chi connectivity index (χ0n) is 17.5. The van der Waals surface area contributed by atoms with Crippen LogP contribution in [0.15, 0.2) is 39.5 Å². The molecule has 0 aliphatic heterocycles. The molecule has 164 valence electrons. The fourth-order valence-corrected chi connectivity index (χ4v) is 2.73. The van der Waals surface area contributed by atoms with Crippen molar-refractivity contribution in [3.63, 3.8) is 0 Å². The van der Waals surface area contributed by atoms with E-state index in [4.69, 9.17) is 8.94 Å². The van der Waals surface area contributed by atoms with E-state index in [-0.39, 0.29) is 11.6 Å². The standard InChI is InChI=1S/C21H24FN5O4/c1-12(2)19-26-18(31-27-19)5-4-9-23-21(29)24-14-6-7-16(22)17(11-14)25-20(28)15-8-10-30-13(15)3/h6-8,10-12H,4-5,9H2,1-3H3,(H,25,28)(H2,23,24,29). The van der Waals surface area contributed by atoms with Crippen molar-refractivity contribution in [2.24, 2.45) is 0 Å². The van der Waals surface area contributed by atoms with Gasteiger partial charge in [0.2, 0.25) is 5.89 Å². The molecule has 0 saturated heterocycles. The topological polar surface area (TPSA) is 122 Å². The number of aryl methyl sites for hydroxylation is 2. The lowest BCUT2D eigenvalue weighted by atomic mass is 10.2. The van der Waals surface area contributed by atoms with Crippen LogP contribution in [0.25, 0.3) is 0 Å². The number of anilines is 2. The van der Waals surface area contributed by atoms with Crippen molar-refractivity contribution in [1.82, 2.24) is 15.5 Å². The Kier molecular flexibility index (Phi) is 7.01. The summed E-state index contributed by atoms with van der Waals surface area (Å²) in [7, 11) is 0. The van der Waals surface area contributed by atoms with E-state index in [1.165, 1.54) is 24.5 Å². The smallest absolute Gasteiger partial charge is 0.319 e. The first-order chi connectivity index (χ1) is 14.8. The molecule has 0 aliphatic carbocycles. The first-order valence-corrected chi connectivity index (χ1v) is 9.86. The molecule has 3 rings (SSSR count). The summed E-state index contributed by atoms with van der Waals surface area (Å²) < 4.78 is 24.3. The van der Waals surface area contributed by atoms with Crippen LogP contribution in [-0.2, 0) is 6.42 Å². The van der Waals surface area contributed by atoms with Gasteiger partial charge in [0.1, 0.15) is 11.6 Å². The third kappa shape index (κ3) is 5.91. The highest BCUT2D eigenvalue weighted by atomic mass is 19.1. The lowest BCUT2D eigenvalue weighted by Gasteiger charge is -2.10. The molecule has 10 heteroatoms. The number of furan rings is 1. The van der Waals surface area contributed by atoms with Crippen LogP contribution in [0, 0.1) is 12.7 Å². The number of hydrogen-bond donors (Lipinski definition) is 3. The SMILES string of the molecule is Cc1occc1C(=O)Nc1cc(NC(=O)NCCCc2nc(C(C)C)no2)ccc1F. The quantitative estimate of drug-likeness (QED) is 0.460. The van der Waals surface area contributed by atoms with E-state index in [9.17, 15) is 14.0 Å². The molecule has 0 unspecified atom stereocenters. The molecule has 3 aromatic rings. The molecule has 31 heavy (non-hydrogen) atoms. The maximum atomic E-state index is 14.1. The van der Waals surface area contributed by atoms with Gasteiger partial charge in [-0.3, -0.25) is 4.79 Å². The molecule has 3 amide bonds. The molecule has 9 nitrogen and oxygen atoms in total. The van der Waals surface area contributed by atoms with Gasteiger partial charge in [0.25, 0.3) is 5.91 Å². The summed E-state index contributed by atoms with van der Waals surface area (Å²) >= 11 is 0. The molecule has 1 aromatic carbocycles. The summed E-state index contributed by atoms with van der Waals surface area (Å²) in [4.78, 5) is 28.6. The van der Waals surface area contributed by atoms with Crippen LogP contribution in [0.5, 0.6) is 0 Å². The number of halogens is 1. The number of benzene rings is 1. The number of hydrogen-bond acceptors (Lipinski definition) is 6. The van der Waals surface area contributed by atoms with E-state index in [2.05, 4.69) is 26.1 Å². The number of nitrogens with zero attached hydrogens (tertiary/aromatic N) is 2. The van der Waals surface area contributed by atoms with E-state index in [1.54, 1.807) is 6.92 Å². The van der Waals surface area contributed by atoms with Crippen LogP contribution < -0.4 is 16.0 Å². The molecule has 0 spiro atoms. The van der Waals surface area contributed by atoms with Gasteiger partial charge < -0.3 is 24.9 Å². The normalized spacial score (nSPS) is 10.9. The summed E-state index contributed by atoms with van der Waals surface area (Å²) in [5.74, 6) is 0.665. The maximum Gasteiger partial charge on any atom is 0.319 e. The molecule has 3 N–H and O–H groups in total. The van der Waals surface area contributed by atoms with Gasteiger partial charge in [0.05, 0.1) is 17.5 Å². The van der Waals surface area contributed by atoms with Crippen LogP contribution >= 0.6 is 0 Å². The third-order valence-corrected chi connectivity index (χ3v) is 4.43. The van der Waals surface area contributed by atoms with Crippen molar-refractivity contribution in [3.05, 3.63) is 59.4 Å². The number of rotatable bonds is 8. The number of carbonyl (C=O) groups excluding carboxylic acids is 2. The van der Waals surface area contributed by atoms with Crippen LogP contribution in [0.1, 0.15) is 54.0 Å². The second kappa shape index (κ2) is 9.88. The number of aromatic nitrogens is 2. The fourth-order valence-electron chi connectivity index (χ4n) is 2.73. The van der Waals surface area contributed by atoms with Gasteiger partial charge in [0, 0.05) is 24.6 Å². The van der Waals surface area contributed by atoms with Crippen LogP contribution in [-0.4, -0.2) is 28.6 Å². The van der Waals surface area contributed by atoms with Gasteiger partial charge in [-0.25, -0.2) is 9.18 Å². The second-order valence-corrected chi connectivity index (χ2v) is 7.22. The Labute approximate surface area is 178 Å². The molecule has 0 fully saturated rings. The van der Waals surface area contributed by atoms with Crippen molar-refractivity contribution in [1.29, 1.82) is 0 Å². The molecule has 0 radical (unpaired) electrons. The minimum atomic E-state index is -0.624. The zero-order valence-corrected chi connectivity index (χ0v) is 17.5. The van der Waals surface area contributed by atoms with Gasteiger partial charge in [-0.2, -0.15) is 4.98 Å². The number of amides is 3. The monoisotopic (exact) mass is 429 g/mol. The van der Waals surface area contributed by atoms with Crippen molar-refractivity contribution < 1.29 is 22.9 Å². The van der Waals surface area contributed by atoms with Gasteiger partial charge in [-0.05, 0) is 37.6 Å². The number of nitrogens with one attached hydrogen (secondary N) is 3. The molecule has 0 saturated carbocycles. The average Bonchev–Trinajstić information content (AvgIpc) is 3.37. The molecule has 2 aromatic heterocycles. The first kappa shape index (κ1) is 22.0. The lowest BCUT2D eigenvalue weighted by Crippen LogP contribution is -2.29. The summed E-state index contributed by atoms with van der Waals surface area (Å²) in [6.07, 6.45) is 2.53. The Bertz CT molecular complexity index is 1060. The zero-order chi connectivity index (χ0) is 22.4. The summed E-state index contributed by atoms with van der Waals surface area (Å²) in [6, 6.07) is 4.95. The Morgan fingerprint density at radius 1 is 1.19 bits per heavy atom. The minimum Gasteiger partial charge on any atom is -0.469 e. The molecular weight excluding hydrogens is 405 g/mol. The Morgan fingerprint density at radius 3 is 2.68 bits per heavy atom. The number of urea groups is 1.